The van der Waals surface area contributed by atoms with E-state index in [4.69, 9.17) is 17.0 Å². The van der Waals surface area contributed by atoms with Crippen molar-refractivity contribution in [3.8, 4) is 5.75 Å². The summed E-state index contributed by atoms with van der Waals surface area (Å²) in [5, 5.41) is 8.27. The Morgan fingerprint density at radius 1 is 1.07 bits per heavy atom. The van der Waals surface area contributed by atoms with Gasteiger partial charge in [-0.2, -0.15) is 0 Å². The van der Waals surface area contributed by atoms with Gasteiger partial charge in [-0.05, 0) is 77.0 Å². The molecular formula is C20H22BrN3O3S. The van der Waals surface area contributed by atoms with Crippen LogP contribution in [0.4, 0.5) is 5.69 Å². The largest absolute Gasteiger partial charge is 0.492 e. The molecule has 0 aromatic heterocycles. The number of ether oxygens (including phenoxy) is 1. The van der Waals surface area contributed by atoms with Crippen LogP contribution in [0.15, 0.2) is 46.9 Å². The zero-order valence-electron chi connectivity index (χ0n) is 15.7. The summed E-state index contributed by atoms with van der Waals surface area (Å²) in [6, 6.07) is 11.9. The fraction of sp³-hybridized carbons (Fsp3) is 0.250. The van der Waals surface area contributed by atoms with E-state index in [1.165, 1.54) is 0 Å². The summed E-state index contributed by atoms with van der Waals surface area (Å²) < 4.78 is 6.37. The summed E-state index contributed by atoms with van der Waals surface area (Å²) in [6.07, 6.45) is 2.02. The molecule has 0 radical (unpaired) electrons. The molecule has 148 valence electrons. The first-order chi connectivity index (χ1) is 13.4. The topological polar surface area (TPSA) is 79.5 Å². The van der Waals surface area contributed by atoms with Crippen molar-refractivity contribution in [2.24, 2.45) is 0 Å². The average molecular weight is 464 g/mol. The Bertz CT molecular complexity index is 856. The van der Waals surface area contributed by atoms with Crippen LogP contribution in [0.1, 0.15) is 40.5 Å². The number of unbranched alkanes of at least 4 members (excludes halogenated alkanes) is 1. The predicted octanol–water partition coefficient (Wildman–Crippen LogP) is 4.11. The minimum absolute atomic E-state index is 0.164. The van der Waals surface area contributed by atoms with Crippen molar-refractivity contribution < 1.29 is 14.3 Å². The molecule has 8 heteroatoms. The third-order valence-corrected chi connectivity index (χ3v) is 4.63. The molecular weight excluding hydrogens is 442 g/mol. The predicted molar refractivity (Wildman–Crippen MR) is 118 cm³/mol. The van der Waals surface area contributed by atoms with Crippen LogP contribution < -0.4 is 20.7 Å². The first kappa shape index (κ1) is 21.8. The van der Waals surface area contributed by atoms with Crippen molar-refractivity contribution in [3.63, 3.8) is 0 Å². The maximum atomic E-state index is 12.4. The molecule has 0 fully saturated rings. The van der Waals surface area contributed by atoms with E-state index in [0.29, 0.717) is 33.6 Å². The highest BCUT2D eigenvalue weighted by molar-refractivity contribution is 9.10. The molecule has 2 aromatic carbocycles. The van der Waals surface area contributed by atoms with Crippen molar-refractivity contribution in [2.45, 2.75) is 19.8 Å². The van der Waals surface area contributed by atoms with Gasteiger partial charge in [0.25, 0.3) is 11.8 Å². The second kappa shape index (κ2) is 10.8. The molecule has 0 aliphatic carbocycles. The van der Waals surface area contributed by atoms with E-state index in [-0.39, 0.29) is 16.9 Å². The Balaban J connectivity index is 1.93. The maximum absolute atomic E-state index is 12.4. The number of thiocarbonyl (C=S) groups is 1. The monoisotopic (exact) mass is 463 g/mol. The molecule has 0 atom stereocenters. The zero-order chi connectivity index (χ0) is 20.5. The maximum Gasteiger partial charge on any atom is 0.257 e. The lowest BCUT2D eigenvalue weighted by Crippen LogP contribution is -2.34. The Morgan fingerprint density at radius 2 is 1.75 bits per heavy atom. The molecule has 6 nitrogen and oxygen atoms in total. The minimum atomic E-state index is -0.333. The van der Waals surface area contributed by atoms with Crippen LogP contribution in [0.25, 0.3) is 0 Å². The molecule has 0 heterocycles. The van der Waals surface area contributed by atoms with Gasteiger partial charge in [-0.1, -0.05) is 13.3 Å². The Labute approximate surface area is 178 Å². The van der Waals surface area contributed by atoms with Crippen LogP contribution in [-0.2, 0) is 0 Å². The molecule has 0 unspecified atom stereocenters. The highest BCUT2D eigenvalue weighted by Crippen LogP contribution is 2.26. The van der Waals surface area contributed by atoms with Crippen LogP contribution in [0.2, 0.25) is 0 Å². The second-order valence-electron chi connectivity index (χ2n) is 5.91. The van der Waals surface area contributed by atoms with Gasteiger partial charge in [0.15, 0.2) is 5.11 Å². The molecule has 0 saturated carbocycles. The fourth-order valence-electron chi connectivity index (χ4n) is 2.27. The fourth-order valence-corrected chi connectivity index (χ4v) is 2.98. The van der Waals surface area contributed by atoms with Gasteiger partial charge in [-0.25, -0.2) is 0 Å². The Morgan fingerprint density at radius 3 is 2.36 bits per heavy atom. The van der Waals surface area contributed by atoms with E-state index in [9.17, 15) is 9.59 Å². The number of carbonyl (C=O) groups is 2. The van der Waals surface area contributed by atoms with Crippen molar-refractivity contribution in [1.82, 2.24) is 10.6 Å². The first-order valence-electron chi connectivity index (χ1n) is 8.81. The molecule has 3 N–H and O–H groups in total. The number of amides is 2. The number of hydrogen-bond acceptors (Lipinski definition) is 4. The number of nitrogens with one attached hydrogen (secondary N) is 3. The highest BCUT2D eigenvalue weighted by atomic mass is 79.9. The summed E-state index contributed by atoms with van der Waals surface area (Å²) in [4.78, 5) is 23.9. The molecule has 2 amide bonds. The van der Waals surface area contributed by atoms with Crippen LogP contribution in [-0.4, -0.2) is 30.6 Å². The molecule has 0 bridgehead atoms. The second-order valence-corrected chi connectivity index (χ2v) is 7.17. The Hall–Kier alpha value is -2.45. The lowest BCUT2D eigenvalue weighted by atomic mass is 10.2. The number of rotatable bonds is 7. The van der Waals surface area contributed by atoms with E-state index in [1.54, 1.807) is 49.5 Å². The van der Waals surface area contributed by atoms with Gasteiger partial charge in [-0.15, -0.1) is 0 Å². The number of carbonyl (C=O) groups excluding carboxylic acids is 2. The van der Waals surface area contributed by atoms with Crippen molar-refractivity contribution >= 4 is 50.8 Å². The molecule has 0 spiro atoms. The van der Waals surface area contributed by atoms with Gasteiger partial charge in [0.05, 0.1) is 11.1 Å². The highest BCUT2D eigenvalue weighted by Gasteiger charge is 2.11. The van der Waals surface area contributed by atoms with Gasteiger partial charge >= 0.3 is 0 Å². The van der Waals surface area contributed by atoms with Crippen molar-refractivity contribution in [3.05, 3.63) is 58.1 Å². The third kappa shape index (κ3) is 6.31. The van der Waals surface area contributed by atoms with Gasteiger partial charge in [0.1, 0.15) is 5.75 Å². The van der Waals surface area contributed by atoms with Gasteiger partial charge in [0.2, 0.25) is 0 Å². The van der Waals surface area contributed by atoms with E-state index in [0.717, 1.165) is 12.8 Å². The smallest absolute Gasteiger partial charge is 0.257 e. The lowest BCUT2D eigenvalue weighted by Gasteiger charge is -2.12. The number of benzene rings is 2. The quantitative estimate of drug-likeness (QED) is 0.425. The van der Waals surface area contributed by atoms with Gasteiger partial charge in [-0.3, -0.25) is 14.9 Å². The third-order valence-electron chi connectivity index (χ3n) is 3.81. The molecule has 0 aliphatic rings. The summed E-state index contributed by atoms with van der Waals surface area (Å²) in [5.41, 5.74) is 1.65. The van der Waals surface area contributed by atoms with Crippen LogP contribution in [0, 0.1) is 0 Å². The lowest BCUT2D eigenvalue weighted by molar-refractivity contribution is 0.0959. The van der Waals surface area contributed by atoms with Crippen molar-refractivity contribution in [1.29, 1.82) is 0 Å². The summed E-state index contributed by atoms with van der Waals surface area (Å²) >= 11 is 8.62. The van der Waals surface area contributed by atoms with Crippen molar-refractivity contribution in [2.75, 3.05) is 19.0 Å². The van der Waals surface area contributed by atoms with E-state index < -0.39 is 0 Å². The number of halogens is 1. The molecule has 0 saturated heterocycles. The van der Waals surface area contributed by atoms with Crippen LogP contribution in [0.5, 0.6) is 5.75 Å². The summed E-state index contributed by atoms with van der Waals surface area (Å²) in [6.45, 7) is 2.73. The minimum Gasteiger partial charge on any atom is -0.492 e. The van der Waals surface area contributed by atoms with E-state index in [2.05, 4.69) is 38.8 Å². The van der Waals surface area contributed by atoms with E-state index >= 15 is 0 Å². The molecule has 2 aromatic rings. The molecule has 28 heavy (non-hydrogen) atoms. The van der Waals surface area contributed by atoms with Crippen LogP contribution >= 0.6 is 28.1 Å². The van der Waals surface area contributed by atoms with E-state index in [1.807, 2.05) is 0 Å². The first-order valence-corrected chi connectivity index (χ1v) is 10.0. The molecule has 0 aliphatic heterocycles. The SMILES string of the molecule is CCCCOc1ccc(C(=O)NC(=S)Nc2ccc(C(=O)NC)cc2)cc1Br. The average Bonchev–Trinajstić information content (AvgIpc) is 2.69. The van der Waals surface area contributed by atoms with Gasteiger partial charge < -0.3 is 15.4 Å². The number of anilines is 1. The zero-order valence-corrected chi connectivity index (χ0v) is 18.1. The number of hydrogen-bond donors (Lipinski definition) is 3. The molecule has 2 rings (SSSR count). The Kier molecular flexibility index (Phi) is 8.41. The summed E-state index contributed by atoms with van der Waals surface area (Å²) in [7, 11) is 1.57. The van der Waals surface area contributed by atoms with Gasteiger partial charge in [0, 0.05) is 23.9 Å². The normalized spacial score (nSPS) is 10.1. The standard InChI is InChI=1S/C20H22BrN3O3S/c1-3-4-11-27-17-10-7-14(12-16(17)21)19(26)24-20(28)23-15-8-5-13(6-9-15)18(25)22-2/h5-10,12H,3-4,11H2,1-2H3,(H,22,25)(H2,23,24,26,28). The van der Waals surface area contributed by atoms with Crippen LogP contribution in [0.3, 0.4) is 0 Å². The summed E-state index contributed by atoms with van der Waals surface area (Å²) in [5.74, 6) is 0.192.